The summed E-state index contributed by atoms with van der Waals surface area (Å²) in [5.41, 5.74) is 1.66. The van der Waals surface area contributed by atoms with Gasteiger partial charge in [-0.2, -0.15) is 9.78 Å². The lowest BCUT2D eigenvalue weighted by atomic mass is 9.97. The van der Waals surface area contributed by atoms with Gasteiger partial charge < -0.3 is 4.74 Å². The zero-order chi connectivity index (χ0) is 22.1. The van der Waals surface area contributed by atoms with Crippen LogP contribution in [0.15, 0.2) is 58.8 Å². The summed E-state index contributed by atoms with van der Waals surface area (Å²) in [4.78, 5) is 33.5. The number of fused-ring (bicyclic) bond motifs is 3. The van der Waals surface area contributed by atoms with E-state index >= 15 is 0 Å². The Morgan fingerprint density at radius 2 is 1.94 bits per heavy atom. The van der Waals surface area contributed by atoms with E-state index in [1.165, 1.54) is 28.0 Å². The lowest BCUT2D eigenvalue weighted by molar-refractivity contribution is -0.385. The molecule has 1 aromatic carbocycles. The summed E-state index contributed by atoms with van der Waals surface area (Å²) in [6.45, 7) is 0. The summed E-state index contributed by atoms with van der Waals surface area (Å²) in [5, 5.41) is 15.7. The molecular weight excluding hydrogens is 430 g/mol. The van der Waals surface area contributed by atoms with Crippen molar-refractivity contribution in [1.82, 2.24) is 14.6 Å². The quantitative estimate of drug-likeness (QED) is 0.256. The molecule has 1 aliphatic rings. The van der Waals surface area contributed by atoms with E-state index in [1.807, 2.05) is 0 Å². The number of nitrogens with zero attached hydrogens (tertiary/aromatic N) is 5. The first-order chi connectivity index (χ1) is 15.6. The molecule has 1 aliphatic carbocycles. The van der Waals surface area contributed by atoms with E-state index in [2.05, 4.69) is 15.1 Å². The molecule has 0 saturated heterocycles. The highest BCUT2D eigenvalue weighted by Crippen LogP contribution is 2.33. The number of benzene rings is 1. The maximum atomic E-state index is 13.0. The van der Waals surface area contributed by atoms with Gasteiger partial charge in [-0.1, -0.05) is 0 Å². The zero-order valence-electron chi connectivity index (χ0n) is 16.8. The minimum absolute atomic E-state index is 0.102. The molecular formula is C22H17N5O4S. The molecule has 0 spiro atoms. The van der Waals surface area contributed by atoms with Crippen molar-refractivity contribution in [2.45, 2.75) is 25.7 Å². The van der Waals surface area contributed by atoms with Crippen LogP contribution in [0, 0.1) is 10.1 Å². The predicted octanol–water partition coefficient (Wildman–Crippen LogP) is 4.31. The van der Waals surface area contributed by atoms with Crippen LogP contribution in [-0.4, -0.2) is 25.8 Å². The Kier molecular flexibility index (Phi) is 5.20. The van der Waals surface area contributed by atoms with E-state index in [0.717, 1.165) is 47.8 Å². The van der Waals surface area contributed by atoms with Crippen molar-refractivity contribution in [2.24, 2.45) is 5.10 Å². The molecule has 0 unspecified atom stereocenters. The summed E-state index contributed by atoms with van der Waals surface area (Å²) in [5.74, 6) is 0.774. The molecule has 32 heavy (non-hydrogen) atoms. The summed E-state index contributed by atoms with van der Waals surface area (Å²) < 4.78 is 6.87. The second kappa shape index (κ2) is 8.31. The third-order valence-corrected chi connectivity index (χ3v) is 6.42. The van der Waals surface area contributed by atoms with E-state index in [1.54, 1.807) is 41.8 Å². The highest BCUT2D eigenvalue weighted by Gasteiger charge is 2.19. The fraction of sp³-hybridized carbons (Fsp3) is 0.182. The zero-order valence-corrected chi connectivity index (χ0v) is 17.6. The molecule has 160 valence electrons. The van der Waals surface area contributed by atoms with Crippen molar-refractivity contribution >= 4 is 33.5 Å². The molecule has 5 rings (SSSR count). The predicted molar refractivity (Wildman–Crippen MR) is 121 cm³/mol. The molecule has 0 bridgehead atoms. The first-order valence-electron chi connectivity index (χ1n) is 10.0. The number of thiophene rings is 1. The van der Waals surface area contributed by atoms with E-state index < -0.39 is 4.92 Å². The maximum absolute atomic E-state index is 13.0. The van der Waals surface area contributed by atoms with Crippen LogP contribution in [-0.2, 0) is 12.8 Å². The lowest BCUT2D eigenvalue weighted by Crippen LogP contribution is -2.18. The molecule has 0 radical (unpaired) electrons. The second-order valence-corrected chi connectivity index (χ2v) is 8.40. The monoisotopic (exact) mass is 447 g/mol. The number of hydrogen-bond donors (Lipinski definition) is 0. The van der Waals surface area contributed by atoms with Crippen LogP contribution in [0.4, 0.5) is 5.69 Å². The number of hydrogen-bond acceptors (Lipinski definition) is 8. The lowest BCUT2D eigenvalue weighted by Gasteiger charge is -2.09. The van der Waals surface area contributed by atoms with Gasteiger partial charge in [-0.25, -0.2) is 9.97 Å². The van der Waals surface area contributed by atoms with Gasteiger partial charge in [0.15, 0.2) is 0 Å². The third-order valence-electron chi connectivity index (χ3n) is 5.22. The average Bonchev–Trinajstić information content (AvgIpc) is 3.19. The molecule has 0 N–H and O–H groups in total. The fourth-order valence-corrected chi connectivity index (χ4v) is 4.85. The normalized spacial score (nSPS) is 13.4. The van der Waals surface area contributed by atoms with Crippen molar-refractivity contribution in [3.63, 3.8) is 0 Å². The summed E-state index contributed by atoms with van der Waals surface area (Å²) in [7, 11) is 0. The Hall–Kier alpha value is -3.92. The fourth-order valence-electron chi connectivity index (χ4n) is 3.63. The first kappa shape index (κ1) is 20.0. The smallest absolute Gasteiger partial charge is 0.287 e. The van der Waals surface area contributed by atoms with Crippen LogP contribution < -0.4 is 10.3 Å². The summed E-state index contributed by atoms with van der Waals surface area (Å²) >= 11 is 1.61. The number of aromatic nitrogens is 3. The highest BCUT2D eigenvalue weighted by atomic mass is 32.1. The first-order valence-corrected chi connectivity index (χ1v) is 10.8. The van der Waals surface area contributed by atoms with Gasteiger partial charge in [0.1, 0.15) is 23.1 Å². The van der Waals surface area contributed by atoms with Gasteiger partial charge in [-0.3, -0.25) is 14.9 Å². The van der Waals surface area contributed by atoms with Gasteiger partial charge in [0.05, 0.1) is 16.5 Å². The molecule has 0 fully saturated rings. The van der Waals surface area contributed by atoms with E-state index in [-0.39, 0.29) is 17.1 Å². The molecule has 0 aliphatic heterocycles. The Morgan fingerprint density at radius 1 is 1.12 bits per heavy atom. The Balaban J connectivity index is 1.33. The van der Waals surface area contributed by atoms with E-state index in [9.17, 15) is 14.9 Å². The highest BCUT2D eigenvalue weighted by molar-refractivity contribution is 7.18. The number of nitro groups is 1. The van der Waals surface area contributed by atoms with Crippen molar-refractivity contribution in [3.8, 4) is 11.6 Å². The second-order valence-electron chi connectivity index (χ2n) is 7.31. The van der Waals surface area contributed by atoms with Gasteiger partial charge in [0.2, 0.25) is 5.88 Å². The van der Waals surface area contributed by atoms with Crippen LogP contribution >= 0.6 is 11.3 Å². The van der Waals surface area contributed by atoms with Crippen molar-refractivity contribution in [2.75, 3.05) is 0 Å². The van der Waals surface area contributed by atoms with Crippen molar-refractivity contribution in [3.05, 3.63) is 85.4 Å². The molecule has 0 saturated carbocycles. The average molecular weight is 447 g/mol. The molecule has 3 heterocycles. The van der Waals surface area contributed by atoms with Crippen molar-refractivity contribution in [1.29, 1.82) is 0 Å². The summed E-state index contributed by atoms with van der Waals surface area (Å²) in [6.07, 6.45) is 8.38. The van der Waals surface area contributed by atoms with Crippen LogP contribution in [0.5, 0.6) is 11.6 Å². The van der Waals surface area contributed by atoms with Gasteiger partial charge in [-0.15, -0.1) is 11.3 Å². The molecule has 10 heteroatoms. The molecule has 0 amide bonds. The van der Waals surface area contributed by atoms with E-state index in [4.69, 9.17) is 4.74 Å². The number of aryl methyl sites for hydroxylation is 2. The van der Waals surface area contributed by atoms with Crippen LogP contribution in [0.3, 0.4) is 0 Å². The van der Waals surface area contributed by atoms with Gasteiger partial charge in [0.25, 0.3) is 11.2 Å². The Labute approximate surface area is 185 Å². The minimum Gasteiger partial charge on any atom is -0.439 e. The SMILES string of the molecule is O=c1c2c3c(sc2ncn1/N=C\c1ccc(Oc2ccc([N+](=O)[O-])cn2)cc1)CCCC3. The third kappa shape index (κ3) is 3.87. The molecule has 3 aromatic heterocycles. The Bertz CT molecular complexity index is 1390. The van der Waals surface area contributed by atoms with Crippen LogP contribution in [0.1, 0.15) is 28.8 Å². The van der Waals surface area contributed by atoms with Gasteiger partial charge >= 0.3 is 0 Å². The molecule has 9 nitrogen and oxygen atoms in total. The maximum Gasteiger partial charge on any atom is 0.287 e. The molecule has 4 aromatic rings. The largest absolute Gasteiger partial charge is 0.439 e. The topological polar surface area (TPSA) is 113 Å². The number of rotatable bonds is 5. The van der Waals surface area contributed by atoms with Gasteiger partial charge in [-0.05, 0) is 61.1 Å². The number of pyridine rings is 1. The van der Waals surface area contributed by atoms with Crippen LogP contribution in [0.2, 0.25) is 0 Å². The summed E-state index contributed by atoms with van der Waals surface area (Å²) in [6, 6.07) is 9.79. The minimum atomic E-state index is -0.517. The standard InChI is InChI=1S/C22H17N5O4S/c28-22-20-17-3-1-2-4-18(17)32-21(20)24-13-26(22)25-11-14-5-8-16(9-6-14)31-19-10-7-15(12-23-19)27(29)30/h5-13H,1-4H2/b25-11-. The van der Waals surface area contributed by atoms with Gasteiger partial charge in [0, 0.05) is 17.0 Å². The van der Waals surface area contributed by atoms with Crippen molar-refractivity contribution < 1.29 is 9.66 Å². The number of ether oxygens (including phenoxy) is 1. The van der Waals surface area contributed by atoms with E-state index in [0.29, 0.717) is 11.1 Å². The Morgan fingerprint density at radius 3 is 2.69 bits per heavy atom. The van der Waals surface area contributed by atoms with Crippen LogP contribution in [0.25, 0.3) is 10.2 Å². The molecule has 0 atom stereocenters.